The van der Waals surface area contributed by atoms with Crippen LogP contribution in [0.25, 0.3) is 0 Å². The number of nitrogens with zero attached hydrogens (tertiary/aromatic N) is 1. The van der Waals surface area contributed by atoms with E-state index in [1.807, 2.05) is 0 Å². The maximum absolute atomic E-state index is 5.68. The molecule has 1 unspecified atom stereocenters. The molecule has 0 saturated carbocycles. The summed E-state index contributed by atoms with van der Waals surface area (Å²) in [6.07, 6.45) is 2.06. The van der Waals surface area contributed by atoms with Gasteiger partial charge in [-0.15, -0.1) is 0 Å². The number of hydrogen-bond acceptors (Lipinski definition) is 2. The second-order valence-electron chi connectivity index (χ2n) is 3.15. The van der Waals surface area contributed by atoms with Crippen molar-refractivity contribution in [3.63, 3.8) is 0 Å². The Labute approximate surface area is 66.6 Å². The largest absolute Gasteiger partial charge is 0.305 e. The molecule has 1 heterocycles. The minimum absolute atomic E-state index is 0.479. The van der Waals surface area contributed by atoms with Crippen LogP contribution in [0.4, 0.5) is 0 Å². The lowest BCUT2D eigenvalue weighted by Crippen LogP contribution is -2.20. The third-order valence-corrected chi connectivity index (χ3v) is 1.78. The van der Waals surface area contributed by atoms with Gasteiger partial charge in [0.05, 0.1) is 6.04 Å². The molecule has 0 bridgehead atoms. The molecule has 0 aromatic rings. The molecule has 3 heteroatoms. The quantitative estimate of drug-likeness (QED) is 0.656. The standard InChI is InChI=1S/C7H13ClN2/c1-5(2)3-6-4-7(8)10-9-6/h5-6,9H,3-4H2,1-2H3. The summed E-state index contributed by atoms with van der Waals surface area (Å²) in [5.41, 5.74) is 2.99. The Kier molecular flexibility index (Phi) is 2.55. The summed E-state index contributed by atoms with van der Waals surface area (Å²) in [6, 6.07) is 0.479. The molecule has 0 aliphatic carbocycles. The van der Waals surface area contributed by atoms with Gasteiger partial charge in [0, 0.05) is 6.42 Å². The topological polar surface area (TPSA) is 24.4 Å². The second-order valence-corrected chi connectivity index (χ2v) is 3.58. The summed E-state index contributed by atoms with van der Waals surface area (Å²) in [5.74, 6) is 0.718. The number of hydrazone groups is 1. The normalized spacial score (nSPS) is 24.8. The fourth-order valence-corrected chi connectivity index (χ4v) is 1.40. The van der Waals surface area contributed by atoms with Crippen molar-refractivity contribution in [3.05, 3.63) is 0 Å². The van der Waals surface area contributed by atoms with Crippen molar-refractivity contribution in [2.24, 2.45) is 11.0 Å². The Balaban J connectivity index is 2.23. The fraction of sp³-hybridized carbons (Fsp3) is 0.857. The van der Waals surface area contributed by atoms with Crippen LogP contribution in [-0.4, -0.2) is 11.2 Å². The average Bonchev–Trinajstić information content (AvgIpc) is 2.13. The predicted molar refractivity (Wildman–Crippen MR) is 44.3 cm³/mol. The molecule has 0 fully saturated rings. The van der Waals surface area contributed by atoms with Gasteiger partial charge in [0.25, 0.3) is 0 Å². The summed E-state index contributed by atoms with van der Waals surface area (Å²) in [5, 5.41) is 4.62. The molecular formula is C7H13ClN2. The van der Waals surface area contributed by atoms with Crippen LogP contribution in [0.3, 0.4) is 0 Å². The Morgan fingerprint density at radius 2 is 2.50 bits per heavy atom. The maximum atomic E-state index is 5.68. The molecule has 0 saturated heterocycles. The fourth-order valence-electron chi connectivity index (χ4n) is 1.16. The SMILES string of the molecule is CC(C)CC1CC(Cl)=NN1. The lowest BCUT2D eigenvalue weighted by atomic mass is 10.0. The van der Waals surface area contributed by atoms with Gasteiger partial charge < -0.3 is 5.43 Å². The van der Waals surface area contributed by atoms with Crippen molar-refractivity contribution in [2.75, 3.05) is 0 Å². The molecule has 10 heavy (non-hydrogen) atoms. The van der Waals surface area contributed by atoms with Crippen LogP contribution in [0.15, 0.2) is 5.10 Å². The summed E-state index contributed by atoms with van der Waals surface area (Å²) in [6.45, 7) is 4.40. The zero-order chi connectivity index (χ0) is 7.56. The van der Waals surface area contributed by atoms with E-state index in [4.69, 9.17) is 11.6 Å². The van der Waals surface area contributed by atoms with Gasteiger partial charge >= 0.3 is 0 Å². The second kappa shape index (κ2) is 3.24. The van der Waals surface area contributed by atoms with E-state index in [1.165, 1.54) is 0 Å². The number of nitrogens with one attached hydrogen (secondary N) is 1. The van der Waals surface area contributed by atoms with Gasteiger partial charge in [-0.1, -0.05) is 25.4 Å². The number of halogens is 1. The Morgan fingerprint density at radius 1 is 1.80 bits per heavy atom. The van der Waals surface area contributed by atoms with Gasteiger partial charge in [-0.05, 0) is 12.3 Å². The molecule has 1 rings (SSSR count). The van der Waals surface area contributed by atoms with Gasteiger partial charge in [-0.3, -0.25) is 0 Å². The molecule has 58 valence electrons. The molecule has 1 aliphatic rings. The van der Waals surface area contributed by atoms with Crippen LogP contribution in [0.2, 0.25) is 0 Å². The molecular weight excluding hydrogens is 148 g/mol. The lowest BCUT2D eigenvalue weighted by Gasteiger charge is -2.10. The van der Waals surface area contributed by atoms with E-state index in [9.17, 15) is 0 Å². The summed E-state index contributed by atoms with van der Waals surface area (Å²) in [4.78, 5) is 0. The van der Waals surface area contributed by atoms with E-state index in [0.717, 1.165) is 18.8 Å². The van der Waals surface area contributed by atoms with Gasteiger partial charge in [-0.25, -0.2) is 0 Å². The van der Waals surface area contributed by atoms with E-state index >= 15 is 0 Å². The highest BCUT2D eigenvalue weighted by Crippen LogP contribution is 2.14. The summed E-state index contributed by atoms with van der Waals surface area (Å²) < 4.78 is 0. The molecule has 0 aromatic heterocycles. The first-order chi connectivity index (χ1) is 4.68. The summed E-state index contributed by atoms with van der Waals surface area (Å²) >= 11 is 5.68. The lowest BCUT2D eigenvalue weighted by molar-refractivity contribution is 0.456. The smallest absolute Gasteiger partial charge is 0.128 e. The van der Waals surface area contributed by atoms with Crippen molar-refractivity contribution in [1.82, 2.24) is 5.43 Å². The number of hydrogen-bond donors (Lipinski definition) is 1. The highest BCUT2D eigenvalue weighted by atomic mass is 35.5. The van der Waals surface area contributed by atoms with Gasteiger partial charge in [0.2, 0.25) is 0 Å². The third kappa shape index (κ3) is 2.18. The molecule has 1 aliphatic heterocycles. The minimum Gasteiger partial charge on any atom is -0.305 e. The van der Waals surface area contributed by atoms with Crippen LogP contribution in [0.5, 0.6) is 0 Å². The zero-order valence-corrected chi connectivity index (χ0v) is 7.15. The summed E-state index contributed by atoms with van der Waals surface area (Å²) in [7, 11) is 0. The Hall–Kier alpha value is -0.240. The maximum Gasteiger partial charge on any atom is 0.128 e. The Bertz CT molecular complexity index is 143. The minimum atomic E-state index is 0.479. The van der Waals surface area contributed by atoms with Crippen LogP contribution in [0.1, 0.15) is 26.7 Å². The molecule has 0 amide bonds. The predicted octanol–water partition coefficient (Wildman–Crippen LogP) is 1.95. The van der Waals surface area contributed by atoms with Crippen LogP contribution < -0.4 is 5.43 Å². The first-order valence-electron chi connectivity index (χ1n) is 3.66. The van der Waals surface area contributed by atoms with Gasteiger partial charge in [0.15, 0.2) is 0 Å². The van der Waals surface area contributed by atoms with Crippen molar-refractivity contribution in [3.8, 4) is 0 Å². The molecule has 2 nitrogen and oxygen atoms in total. The number of rotatable bonds is 2. The van der Waals surface area contributed by atoms with E-state index in [-0.39, 0.29) is 0 Å². The van der Waals surface area contributed by atoms with Gasteiger partial charge in [-0.2, -0.15) is 5.10 Å². The van der Waals surface area contributed by atoms with Gasteiger partial charge in [0.1, 0.15) is 5.17 Å². The van der Waals surface area contributed by atoms with Crippen molar-refractivity contribution in [2.45, 2.75) is 32.7 Å². The van der Waals surface area contributed by atoms with Crippen LogP contribution in [-0.2, 0) is 0 Å². The highest BCUT2D eigenvalue weighted by Gasteiger charge is 2.16. The van der Waals surface area contributed by atoms with Crippen molar-refractivity contribution in [1.29, 1.82) is 0 Å². The van der Waals surface area contributed by atoms with E-state index in [2.05, 4.69) is 24.4 Å². The van der Waals surface area contributed by atoms with Crippen molar-refractivity contribution >= 4 is 16.8 Å². The third-order valence-electron chi connectivity index (χ3n) is 1.54. The van der Waals surface area contributed by atoms with Crippen LogP contribution in [0, 0.1) is 5.92 Å². The molecule has 0 spiro atoms. The van der Waals surface area contributed by atoms with Crippen LogP contribution >= 0.6 is 11.6 Å². The van der Waals surface area contributed by atoms with E-state index in [1.54, 1.807) is 0 Å². The average molecular weight is 161 g/mol. The molecule has 1 atom stereocenters. The molecule has 0 radical (unpaired) electrons. The Morgan fingerprint density at radius 3 is 2.90 bits per heavy atom. The van der Waals surface area contributed by atoms with E-state index < -0.39 is 0 Å². The molecule has 1 N–H and O–H groups in total. The zero-order valence-electron chi connectivity index (χ0n) is 6.39. The van der Waals surface area contributed by atoms with E-state index in [0.29, 0.717) is 11.2 Å². The molecule has 0 aromatic carbocycles. The first kappa shape index (κ1) is 7.86. The highest BCUT2D eigenvalue weighted by molar-refractivity contribution is 6.65. The monoisotopic (exact) mass is 160 g/mol. The van der Waals surface area contributed by atoms with Crippen molar-refractivity contribution < 1.29 is 0 Å². The first-order valence-corrected chi connectivity index (χ1v) is 4.04.